The number of benzene rings is 1. The first-order valence-electron chi connectivity index (χ1n) is 10.5. The summed E-state index contributed by atoms with van der Waals surface area (Å²) in [4.78, 5) is 17.0. The second-order valence-electron chi connectivity index (χ2n) is 9.44. The number of hydrogen-bond donors (Lipinski definition) is 1. The van der Waals surface area contributed by atoms with Gasteiger partial charge in [0.1, 0.15) is 17.0 Å². The van der Waals surface area contributed by atoms with E-state index >= 15 is 0 Å². The summed E-state index contributed by atoms with van der Waals surface area (Å²) in [5, 5.41) is 2.90. The number of aromatic nitrogens is 2. The van der Waals surface area contributed by atoms with Gasteiger partial charge in [-0.2, -0.15) is 0 Å². The highest BCUT2D eigenvalue weighted by Gasteiger charge is 2.34. The Morgan fingerprint density at radius 2 is 1.90 bits per heavy atom. The van der Waals surface area contributed by atoms with E-state index in [-0.39, 0.29) is 5.92 Å². The molecule has 0 radical (unpaired) electrons. The van der Waals surface area contributed by atoms with Crippen molar-refractivity contribution in [3.05, 3.63) is 53.1 Å². The molecule has 2 atom stereocenters. The van der Waals surface area contributed by atoms with Crippen LogP contribution in [0.2, 0.25) is 0 Å². The van der Waals surface area contributed by atoms with Crippen LogP contribution in [0.5, 0.6) is 0 Å². The van der Waals surface area contributed by atoms with Crippen molar-refractivity contribution in [1.29, 1.82) is 0 Å². The molecule has 2 aromatic rings. The van der Waals surface area contributed by atoms with Crippen LogP contribution in [0.25, 0.3) is 0 Å². The molecule has 0 bridgehead atoms. The number of nitrogens with zero attached hydrogens (tertiary/aromatic N) is 2. The third-order valence-electron chi connectivity index (χ3n) is 5.64. The van der Waals surface area contributed by atoms with Crippen LogP contribution in [0.1, 0.15) is 76.5 Å². The van der Waals surface area contributed by atoms with E-state index in [2.05, 4.69) is 10.3 Å². The van der Waals surface area contributed by atoms with Gasteiger partial charge in [-0.3, -0.25) is 0 Å². The number of imidazole rings is 1. The largest absolute Gasteiger partial charge is 0.444 e. The Morgan fingerprint density at radius 1 is 1.19 bits per heavy atom. The van der Waals surface area contributed by atoms with Gasteiger partial charge in [0.15, 0.2) is 11.6 Å². The summed E-state index contributed by atoms with van der Waals surface area (Å²) in [6.07, 6.45) is 2.21. The normalized spacial score (nSPS) is 19.5. The van der Waals surface area contributed by atoms with Crippen molar-refractivity contribution in [3.8, 4) is 0 Å². The standard InChI is InChI=1S/C23H31F2N3O3/c1-22(2,3)31-21(29)27-17-11-10-14(15-8-7-9-16(24)19(15)25)13-28-18(12-26-20(17)28)23(4,5)30-6/h7-9,12,14,17H,10-11,13H2,1-6H3,(H,27,29)/t14-,17-/m1/s1. The van der Waals surface area contributed by atoms with E-state index < -0.39 is 35.0 Å². The molecule has 0 saturated carbocycles. The second kappa shape index (κ2) is 8.57. The first kappa shape index (κ1) is 23.2. The van der Waals surface area contributed by atoms with E-state index in [1.807, 2.05) is 18.4 Å². The summed E-state index contributed by atoms with van der Waals surface area (Å²) in [7, 11) is 1.61. The zero-order valence-corrected chi connectivity index (χ0v) is 19.0. The maximum atomic E-state index is 14.6. The molecule has 170 valence electrons. The summed E-state index contributed by atoms with van der Waals surface area (Å²) in [6, 6.07) is 3.81. The van der Waals surface area contributed by atoms with E-state index in [0.717, 1.165) is 11.8 Å². The van der Waals surface area contributed by atoms with E-state index in [1.165, 1.54) is 6.07 Å². The lowest BCUT2D eigenvalue weighted by molar-refractivity contribution is 0.0120. The van der Waals surface area contributed by atoms with E-state index in [0.29, 0.717) is 30.8 Å². The molecule has 0 saturated heterocycles. The number of nitrogens with one attached hydrogen (secondary N) is 1. The minimum absolute atomic E-state index is 0.291. The molecule has 0 fully saturated rings. The van der Waals surface area contributed by atoms with Gasteiger partial charge < -0.3 is 19.4 Å². The van der Waals surface area contributed by atoms with Gasteiger partial charge >= 0.3 is 6.09 Å². The molecule has 8 heteroatoms. The van der Waals surface area contributed by atoms with Crippen LogP contribution in [-0.4, -0.2) is 28.4 Å². The van der Waals surface area contributed by atoms with Crippen LogP contribution in [0.4, 0.5) is 13.6 Å². The van der Waals surface area contributed by atoms with Crippen molar-refractivity contribution in [2.75, 3.05) is 7.11 Å². The Bertz CT molecular complexity index is 950. The molecular formula is C23H31F2N3O3. The Labute approximate surface area is 182 Å². The summed E-state index contributed by atoms with van der Waals surface area (Å²) in [5.41, 5.74) is -0.180. The molecule has 3 rings (SSSR count). The summed E-state index contributed by atoms with van der Waals surface area (Å²) >= 11 is 0. The van der Waals surface area contributed by atoms with Crippen LogP contribution in [0.15, 0.2) is 24.4 Å². The van der Waals surface area contributed by atoms with Gasteiger partial charge in [-0.25, -0.2) is 18.6 Å². The van der Waals surface area contributed by atoms with Crippen molar-refractivity contribution in [2.45, 2.75) is 77.2 Å². The lowest BCUT2D eigenvalue weighted by atomic mass is 9.92. The van der Waals surface area contributed by atoms with Crippen molar-refractivity contribution in [1.82, 2.24) is 14.9 Å². The molecule has 0 unspecified atom stereocenters. The van der Waals surface area contributed by atoms with Gasteiger partial charge in [0.25, 0.3) is 0 Å². The lowest BCUT2D eigenvalue weighted by Gasteiger charge is -2.27. The number of halogens is 2. The van der Waals surface area contributed by atoms with Crippen molar-refractivity contribution >= 4 is 6.09 Å². The topological polar surface area (TPSA) is 65.4 Å². The Morgan fingerprint density at radius 3 is 2.55 bits per heavy atom. The SMILES string of the molecule is COC(C)(C)c1cnc2n1C[C@H](c1cccc(F)c1F)CC[C@H]2NC(=O)OC(C)(C)C. The van der Waals surface area contributed by atoms with Gasteiger partial charge in [-0.1, -0.05) is 12.1 Å². The Hall–Kier alpha value is -2.48. The van der Waals surface area contributed by atoms with Crippen LogP contribution in [0.3, 0.4) is 0 Å². The number of methoxy groups -OCH3 is 1. The molecule has 1 amide bonds. The first-order valence-corrected chi connectivity index (χ1v) is 10.5. The van der Waals surface area contributed by atoms with Crippen LogP contribution >= 0.6 is 0 Å². The number of carbonyl (C=O) groups excluding carboxylic acids is 1. The van der Waals surface area contributed by atoms with Gasteiger partial charge in [0.2, 0.25) is 0 Å². The number of alkyl carbamates (subject to hydrolysis) is 1. The smallest absolute Gasteiger partial charge is 0.408 e. The fraction of sp³-hybridized carbons (Fsp3) is 0.565. The molecule has 1 aromatic heterocycles. The molecule has 1 aromatic carbocycles. The van der Waals surface area contributed by atoms with Crippen molar-refractivity contribution in [3.63, 3.8) is 0 Å². The van der Waals surface area contributed by atoms with Crippen molar-refractivity contribution in [2.24, 2.45) is 0 Å². The predicted molar refractivity (Wildman–Crippen MR) is 113 cm³/mol. The van der Waals surface area contributed by atoms with E-state index in [4.69, 9.17) is 9.47 Å². The minimum Gasteiger partial charge on any atom is -0.444 e. The number of carbonyl (C=O) groups is 1. The van der Waals surface area contributed by atoms with Gasteiger partial charge in [-0.05, 0) is 59.1 Å². The Balaban J connectivity index is 2.00. The van der Waals surface area contributed by atoms with Crippen molar-refractivity contribution < 1.29 is 23.0 Å². The molecule has 1 aliphatic rings. The highest BCUT2D eigenvalue weighted by molar-refractivity contribution is 5.68. The Kier molecular flexibility index (Phi) is 6.41. The predicted octanol–water partition coefficient (Wildman–Crippen LogP) is 5.19. The fourth-order valence-corrected chi connectivity index (χ4v) is 3.93. The molecule has 6 nitrogen and oxygen atoms in total. The molecule has 2 heterocycles. The molecule has 1 aliphatic heterocycles. The highest BCUT2D eigenvalue weighted by Crippen LogP contribution is 2.37. The first-order chi connectivity index (χ1) is 14.4. The third-order valence-corrected chi connectivity index (χ3v) is 5.64. The highest BCUT2D eigenvalue weighted by atomic mass is 19.2. The number of amides is 1. The maximum absolute atomic E-state index is 14.6. The molecule has 0 spiro atoms. The molecule has 31 heavy (non-hydrogen) atoms. The number of hydrogen-bond acceptors (Lipinski definition) is 4. The second-order valence-corrected chi connectivity index (χ2v) is 9.44. The number of fused-ring (bicyclic) bond motifs is 1. The van der Waals surface area contributed by atoms with Crippen LogP contribution in [-0.2, 0) is 21.6 Å². The average Bonchev–Trinajstić information content (AvgIpc) is 3.01. The third kappa shape index (κ3) is 5.06. The molecular weight excluding hydrogens is 404 g/mol. The number of ether oxygens (including phenoxy) is 2. The van der Waals surface area contributed by atoms with E-state index in [9.17, 15) is 13.6 Å². The quantitative estimate of drug-likeness (QED) is 0.718. The monoisotopic (exact) mass is 435 g/mol. The van der Waals surface area contributed by atoms with E-state index in [1.54, 1.807) is 40.1 Å². The zero-order chi connectivity index (χ0) is 23.0. The summed E-state index contributed by atoms with van der Waals surface area (Å²) in [6.45, 7) is 9.60. The van der Waals surface area contributed by atoms with Crippen LogP contribution < -0.4 is 5.32 Å². The number of rotatable bonds is 4. The fourth-order valence-electron chi connectivity index (χ4n) is 3.93. The summed E-state index contributed by atoms with van der Waals surface area (Å²) < 4.78 is 41.5. The minimum atomic E-state index is -0.867. The summed E-state index contributed by atoms with van der Waals surface area (Å²) in [5.74, 6) is -1.35. The van der Waals surface area contributed by atoms with Gasteiger partial charge in [-0.15, -0.1) is 0 Å². The van der Waals surface area contributed by atoms with Gasteiger partial charge in [0.05, 0.1) is 17.9 Å². The molecule has 0 aliphatic carbocycles. The van der Waals surface area contributed by atoms with Gasteiger partial charge in [0, 0.05) is 19.6 Å². The zero-order valence-electron chi connectivity index (χ0n) is 19.0. The maximum Gasteiger partial charge on any atom is 0.408 e. The average molecular weight is 436 g/mol. The van der Waals surface area contributed by atoms with Crippen LogP contribution in [0, 0.1) is 11.6 Å². The molecule has 1 N–H and O–H groups in total. The lowest BCUT2D eigenvalue weighted by Crippen LogP contribution is -2.36.